The number of benzene rings is 2. The summed E-state index contributed by atoms with van der Waals surface area (Å²) in [5.74, 6) is -0.139. The first-order valence-corrected chi connectivity index (χ1v) is 11.2. The average molecular weight is 464 g/mol. The van der Waals surface area contributed by atoms with Gasteiger partial charge in [-0.3, -0.25) is 19.2 Å². The number of nitrogens with zero attached hydrogens (tertiary/aromatic N) is 2. The van der Waals surface area contributed by atoms with E-state index in [4.69, 9.17) is 9.47 Å². The van der Waals surface area contributed by atoms with E-state index < -0.39 is 24.0 Å². The standard InChI is InChI=1S/C24H24N4O6/c29-21(13-17-23(31)25-16-6-2-1-5-15(16)22(30)26-17)27-9-11-28(12-10-27)24(32)20-14-33-18-7-3-4-8-19(18)34-20/h1-8,17,20H,9-14H2,(H,25,31)(H,26,30)/t17-,20-/m1/s1. The number of hydrogen-bond donors (Lipinski definition) is 2. The number of ether oxygens (including phenoxy) is 2. The van der Waals surface area contributed by atoms with Gasteiger partial charge in [0.1, 0.15) is 12.6 Å². The monoisotopic (exact) mass is 464 g/mol. The van der Waals surface area contributed by atoms with E-state index in [9.17, 15) is 19.2 Å². The maximum atomic E-state index is 12.9. The number of piperazine rings is 1. The van der Waals surface area contributed by atoms with Crippen LogP contribution in [0.25, 0.3) is 0 Å². The molecule has 3 heterocycles. The Kier molecular flexibility index (Phi) is 5.79. The molecule has 34 heavy (non-hydrogen) atoms. The van der Waals surface area contributed by atoms with Crippen LogP contribution in [0.1, 0.15) is 16.8 Å². The first kappa shape index (κ1) is 21.7. The molecule has 2 atom stereocenters. The maximum absolute atomic E-state index is 12.9. The third-order valence-electron chi connectivity index (χ3n) is 6.16. The lowest BCUT2D eigenvalue weighted by atomic mass is 10.1. The molecule has 1 saturated heterocycles. The second-order valence-electron chi connectivity index (χ2n) is 8.34. The van der Waals surface area contributed by atoms with E-state index in [2.05, 4.69) is 10.6 Å². The highest BCUT2D eigenvalue weighted by atomic mass is 16.6. The molecule has 3 aliphatic rings. The summed E-state index contributed by atoms with van der Waals surface area (Å²) in [6.07, 6.45) is -0.890. The lowest BCUT2D eigenvalue weighted by Gasteiger charge is -2.37. The minimum absolute atomic E-state index is 0.133. The smallest absolute Gasteiger partial charge is 0.267 e. The van der Waals surface area contributed by atoms with E-state index in [1.54, 1.807) is 46.2 Å². The van der Waals surface area contributed by atoms with Crippen LogP contribution in [0.3, 0.4) is 0 Å². The first-order valence-electron chi connectivity index (χ1n) is 11.2. The Morgan fingerprint density at radius 3 is 2.38 bits per heavy atom. The molecule has 2 aromatic rings. The molecule has 176 valence electrons. The number of para-hydroxylation sites is 3. The van der Waals surface area contributed by atoms with Gasteiger partial charge in [0, 0.05) is 26.2 Å². The van der Waals surface area contributed by atoms with Gasteiger partial charge >= 0.3 is 0 Å². The normalized spacial score (nSPS) is 21.6. The zero-order valence-corrected chi connectivity index (χ0v) is 18.4. The minimum atomic E-state index is -0.972. The molecule has 3 aliphatic heterocycles. The summed E-state index contributed by atoms with van der Waals surface area (Å²) in [5, 5.41) is 5.34. The van der Waals surface area contributed by atoms with Crippen molar-refractivity contribution in [3.63, 3.8) is 0 Å². The van der Waals surface area contributed by atoms with Gasteiger partial charge in [-0.1, -0.05) is 24.3 Å². The molecular weight excluding hydrogens is 440 g/mol. The van der Waals surface area contributed by atoms with Gasteiger partial charge < -0.3 is 29.9 Å². The lowest BCUT2D eigenvalue weighted by molar-refractivity contribution is -0.146. The first-order chi connectivity index (χ1) is 16.5. The van der Waals surface area contributed by atoms with Crippen molar-refractivity contribution < 1.29 is 28.7 Å². The minimum Gasteiger partial charge on any atom is -0.485 e. The van der Waals surface area contributed by atoms with Crippen LogP contribution >= 0.6 is 0 Å². The molecule has 0 bridgehead atoms. The Bertz CT molecular complexity index is 1140. The topological polar surface area (TPSA) is 117 Å². The molecule has 0 radical (unpaired) electrons. The van der Waals surface area contributed by atoms with Crippen LogP contribution in [0.15, 0.2) is 48.5 Å². The molecule has 0 saturated carbocycles. The molecule has 0 spiro atoms. The Hall–Kier alpha value is -4.08. The highest BCUT2D eigenvalue weighted by Gasteiger charge is 2.35. The van der Waals surface area contributed by atoms with E-state index in [1.807, 2.05) is 12.1 Å². The van der Waals surface area contributed by atoms with Gasteiger partial charge in [0.25, 0.3) is 11.8 Å². The number of rotatable bonds is 3. The van der Waals surface area contributed by atoms with Gasteiger partial charge in [-0.2, -0.15) is 0 Å². The quantitative estimate of drug-likeness (QED) is 0.689. The van der Waals surface area contributed by atoms with Crippen LogP contribution in [0.4, 0.5) is 5.69 Å². The van der Waals surface area contributed by atoms with Crippen molar-refractivity contribution in [1.29, 1.82) is 0 Å². The van der Waals surface area contributed by atoms with E-state index in [1.165, 1.54) is 0 Å². The molecular formula is C24H24N4O6. The number of hydrogen-bond acceptors (Lipinski definition) is 6. The summed E-state index contributed by atoms with van der Waals surface area (Å²) < 4.78 is 11.4. The second-order valence-corrected chi connectivity index (χ2v) is 8.34. The predicted molar refractivity (Wildman–Crippen MR) is 120 cm³/mol. The molecule has 5 rings (SSSR count). The van der Waals surface area contributed by atoms with Crippen molar-refractivity contribution in [2.24, 2.45) is 0 Å². The van der Waals surface area contributed by atoms with Gasteiger partial charge in [-0.05, 0) is 24.3 Å². The Balaban J connectivity index is 1.15. The molecule has 0 unspecified atom stereocenters. The van der Waals surface area contributed by atoms with Gasteiger partial charge in [0.05, 0.1) is 17.7 Å². The molecule has 10 heteroatoms. The van der Waals surface area contributed by atoms with Crippen molar-refractivity contribution in [3.05, 3.63) is 54.1 Å². The molecule has 0 aromatic heterocycles. The fourth-order valence-electron chi connectivity index (χ4n) is 4.28. The Morgan fingerprint density at radius 2 is 1.59 bits per heavy atom. The lowest BCUT2D eigenvalue weighted by Crippen LogP contribution is -2.56. The fraction of sp³-hybridized carbons (Fsp3) is 0.333. The van der Waals surface area contributed by atoms with Crippen molar-refractivity contribution in [2.45, 2.75) is 18.6 Å². The number of nitrogens with one attached hydrogen (secondary N) is 2. The molecule has 2 N–H and O–H groups in total. The molecule has 10 nitrogen and oxygen atoms in total. The summed E-state index contributed by atoms with van der Waals surface area (Å²) in [5.41, 5.74) is 0.776. The van der Waals surface area contributed by atoms with Crippen LogP contribution < -0.4 is 20.1 Å². The predicted octanol–water partition coefficient (Wildman–Crippen LogP) is 0.638. The van der Waals surface area contributed by atoms with Crippen LogP contribution in [-0.4, -0.2) is 78.4 Å². The third-order valence-corrected chi connectivity index (χ3v) is 6.16. The molecule has 2 aromatic carbocycles. The van der Waals surface area contributed by atoms with Gasteiger partial charge in [0.15, 0.2) is 11.5 Å². The second kappa shape index (κ2) is 9.05. The zero-order valence-electron chi connectivity index (χ0n) is 18.4. The SMILES string of the molecule is O=C1N[C@H](CC(=O)N2CCN(C(=O)[C@H]3COc4ccccc4O3)CC2)C(=O)Nc2ccccc21. The van der Waals surface area contributed by atoms with Crippen molar-refractivity contribution in [3.8, 4) is 11.5 Å². The summed E-state index contributed by atoms with van der Waals surface area (Å²) in [6.45, 7) is 1.49. The van der Waals surface area contributed by atoms with E-state index >= 15 is 0 Å². The third kappa shape index (κ3) is 4.26. The largest absolute Gasteiger partial charge is 0.485 e. The van der Waals surface area contributed by atoms with Crippen LogP contribution in [0.5, 0.6) is 11.5 Å². The van der Waals surface area contributed by atoms with E-state index in [-0.39, 0.29) is 24.8 Å². The maximum Gasteiger partial charge on any atom is 0.267 e. The van der Waals surface area contributed by atoms with E-state index in [0.717, 1.165) is 0 Å². The summed E-state index contributed by atoms with van der Waals surface area (Å²) >= 11 is 0. The van der Waals surface area contributed by atoms with Gasteiger partial charge in [-0.15, -0.1) is 0 Å². The molecule has 0 aliphatic carbocycles. The van der Waals surface area contributed by atoms with Crippen molar-refractivity contribution in [2.75, 3.05) is 38.1 Å². The highest BCUT2D eigenvalue weighted by Crippen LogP contribution is 2.31. The van der Waals surface area contributed by atoms with Crippen LogP contribution in [-0.2, 0) is 14.4 Å². The van der Waals surface area contributed by atoms with Crippen molar-refractivity contribution >= 4 is 29.3 Å². The van der Waals surface area contributed by atoms with Gasteiger partial charge in [-0.25, -0.2) is 0 Å². The Labute approximate surface area is 195 Å². The number of anilines is 1. The van der Waals surface area contributed by atoms with Gasteiger partial charge in [0.2, 0.25) is 17.9 Å². The Morgan fingerprint density at radius 1 is 0.912 bits per heavy atom. The summed E-state index contributed by atoms with van der Waals surface area (Å²) in [7, 11) is 0. The summed E-state index contributed by atoms with van der Waals surface area (Å²) in [6, 6.07) is 12.9. The highest BCUT2D eigenvalue weighted by molar-refractivity contribution is 6.10. The fourth-order valence-corrected chi connectivity index (χ4v) is 4.28. The van der Waals surface area contributed by atoms with Crippen LogP contribution in [0, 0.1) is 0 Å². The van der Waals surface area contributed by atoms with E-state index in [0.29, 0.717) is 48.9 Å². The number of carbonyl (C=O) groups excluding carboxylic acids is 4. The van der Waals surface area contributed by atoms with Crippen LogP contribution in [0.2, 0.25) is 0 Å². The summed E-state index contributed by atoms with van der Waals surface area (Å²) in [4.78, 5) is 54.1. The van der Waals surface area contributed by atoms with Crippen molar-refractivity contribution in [1.82, 2.24) is 15.1 Å². The zero-order chi connectivity index (χ0) is 23.7. The average Bonchev–Trinajstić information content (AvgIpc) is 2.99. The molecule has 1 fully saturated rings. The number of amides is 4. The number of fused-ring (bicyclic) bond motifs is 2. The number of carbonyl (C=O) groups is 4. The molecule has 4 amide bonds.